The average molecular weight is 304 g/mol. The topological polar surface area (TPSA) is 108 Å². The van der Waals surface area contributed by atoms with Gasteiger partial charge in [-0.05, 0) is 12.1 Å². The zero-order valence-corrected chi connectivity index (χ0v) is 12.6. The molecule has 8 nitrogen and oxygen atoms in total. The van der Waals surface area contributed by atoms with Crippen molar-refractivity contribution in [3.05, 3.63) is 41.9 Å². The van der Waals surface area contributed by atoms with Crippen molar-refractivity contribution in [1.29, 1.82) is 0 Å². The summed E-state index contributed by atoms with van der Waals surface area (Å²) in [5, 5.41) is 20.2. The highest BCUT2D eigenvalue weighted by atomic mass is 16.3. The second kappa shape index (κ2) is 6.92. The SMILES string of the molecule is CN/C=C(/c1ccc2c(C(=O)NC)cnn2c1)N(N)CCO. The number of nitrogens with two attached hydrogens (primary N) is 1. The maximum Gasteiger partial charge on any atom is 0.254 e. The second-order valence-electron chi connectivity index (χ2n) is 4.62. The molecule has 2 aromatic rings. The van der Waals surface area contributed by atoms with E-state index in [4.69, 9.17) is 10.9 Å². The summed E-state index contributed by atoms with van der Waals surface area (Å²) in [5.41, 5.74) is 2.73. The normalized spacial score (nSPS) is 11.5. The van der Waals surface area contributed by atoms with E-state index in [0.717, 1.165) is 5.56 Å². The molecule has 118 valence electrons. The lowest BCUT2D eigenvalue weighted by atomic mass is 10.1. The molecule has 2 rings (SSSR count). The summed E-state index contributed by atoms with van der Waals surface area (Å²) < 4.78 is 1.62. The number of carbonyl (C=O) groups excluding carboxylic acids is 1. The van der Waals surface area contributed by atoms with E-state index < -0.39 is 0 Å². The summed E-state index contributed by atoms with van der Waals surface area (Å²) in [6, 6.07) is 3.66. The van der Waals surface area contributed by atoms with Gasteiger partial charge in [0.25, 0.3) is 5.91 Å². The molecule has 0 aliphatic rings. The Bertz CT molecular complexity index is 694. The fraction of sp³-hybridized carbons (Fsp3) is 0.286. The van der Waals surface area contributed by atoms with E-state index in [1.165, 1.54) is 11.2 Å². The van der Waals surface area contributed by atoms with Crippen LogP contribution in [0.25, 0.3) is 11.2 Å². The van der Waals surface area contributed by atoms with Crippen molar-refractivity contribution < 1.29 is 9.90 Å². The number of hydrazine groups is 1. The first-order chi connectivity index (χ1) is 10.6. The van der Waals surface area contributed by atoms with Gasteiger partial charge < -0.3 is 20.7 Å². The molecule has 0 unspecified atom stereocenters. The van der Waals surface area contributed by atoms with E-state index in [-0.39, 0.29) is 12.5 Å². The molecule has 5 N–H and O–H groups in total. The third-order valence-electron chi connectivity index (χ3n) is 3.21. The van der Waals surface area contributed by atoms with Crippen LogP contribution in [-0.4, -0.2) is 52.9 Å². The van der Waals surface area contributed by atoms with Gasteiger partial charge >= 0.3 is 0 Å². The minimum atomic E-state index is -0.186. The van der Waals surface area contributed by atoms with E-state index in [1.807, 2.05) is 12.1 Å². The highest BCUT2D eigenvalue weighted by Crippen LogP contribution is 2.19. The van der Waals surface area contributed by atoms with Gasteiger partial charge in [0.15, 0.2) is 0 Å². The molecule has 1 amide bonds. The summed E-state index contributed by atoms with van der Waals surface area (Å²) in [6.45, 7) is 0.247. The first-order valence-corrected chi connectivity index (χ1v) is 6.82. The largest absolute Gasteiger partial charge is 0.394 e. The molecule has 0 radical (unpaired) electrons. The van der Waals surface area contributed by atoms with Gasteiger partial charge in [-0.1, -0.05) is 0 Å². The predicted molar refractivity (Wildman–Crippen MR) is 83.6 cm³/mol. The summed E-state index contributed by atoms with van der Waals surface area (Å²) in [6.07, 6.45) is 5.04. The Hall–Kier alpha value is -2.58. The van der Waals surface area contributed by atoms with Crippen molar-refractivity contribution in [2.24, 2.45) is 5.84 Å². The fourth-order valence-corrected chi connectivity index (χ4v) is 2.14. The van der Waals surface area contributed by atoms with Gasteiger partial charge in [0, 0.05) is 32.1 Å². The van der Waals surface area contributed by atoms with Crippen LogP contribution in [0.4, 0.5) is 0 Å². The molecular formula is C14H20N6O2. The minimum absolute atomic E-state index is 0.0532. The van der Waals surface area contributed by atoms with Gasteiger partial charge in [-0.15, -0.1) is 0 Å². The van der Waals surface area contributed by atoms with Crippen LogP contribution in [0.2, 0.25) is 0 Å². The van der Waals surface area contributed by atoms with Crippen LogP contribution in [0.5, 0.6) is 0 Å². The van der Waals surface area contributed by atoms with Gasteiger partial charge in [0.1, 0.15) is 0 Å². The van der Waals surface area contributed by atoms with E-state index in [0.29, 0.717) is 23.3 Å². The third kappa shape index (κ3) is 3.02. The number of aromatic nitrogens is 2. The number of hydrogen-bond donors (Lipinski definition) is 4. The lowest BCUT2D eigenvalue weighted by Gasteiger charge is -2.21. The summed E-state index contributed by atoms with van der Waals surface area (Å²) in [7, 11) is 3.35. The van der Waals surface area contributed by atoms with Crippen molar-refractivity contribution >= 4 is 17.1 Å². The zero-order chi connectivity index (χ0) is 16.1. The van der Waals surface area contributed by atoms with Crippen molar-refractivity contribution in [3.63, 3.8) is 0 Å². The average Bonchev–Trinajstić information content (AvgIpc) is 2.95. The van der Waals surface area contributed by atoms with Crippen molar-refractivity contribution in [2.45, 2.75) is 0 Å². The van der Waals surface area contributed by atoms with Crippen LogP contribution >= 0.6 is 0 Å². The first kappa shape index (κ1) is 15.8. The fourth-order valence-electron chi connectivity index (χ4n) is 2.14. The van der Waals surface area contributed by atoms with Crippen molar-refractivity contribution in [1.82, 2.24) is 25.3 Å². The molecule has 22 heavy (non-hydrogen) atoms. The van der Waals surface area contributed by atoms with Gasteiger partial charge in [0.2, 0.25) is 0 Å². The molecule has 0 atom stereocenters. The Balaban J connectivity index is 2.44. The Labute approximate surface area is 128 Å². The smallest absolute Gasteiger partial charge is 0.254 e. The summed E-state index contributed by atoms with van der Waals surface area (Å²) in [4.78, 5) is 11.8. The third-order valence-corrected chi connectivity index (χ3v) is 3.21. The Kier molecular flexibility index (Phi) is 4.97. The quantitative estimate of drug-likeness (QED) is 0.418. The van der Waals surface area contributed by atoms with E-state index in [2.05, 4.69) is 15.7 Å². The number of aliphatic hydroxyl groups is 1. The van der Waals surface area contributed by atoms with Crippen LogP contribution in [0, 0.1) is 0 Å². The number of carbonyl (C=O) groups is 1. The molecular weight excluding hydrogens is 284 g/mol. The molecule has 0 saturated heterocycles. The summed E-state index contributed by atoms with van der Waals surface area (Å²) in [5.74, 6) is 5.75. The molecule has 0 bridgehead atoms. The number of hydrogen-bond acceptors (Lipinski definition) is 6. The van der Waals surface area contributed by atoms with Crippen molar-refractivity contribution in [2.75, 3.05) is 27.2 Å². The monoisotopic (exact) mass is 304 g/mol. The maximum absolute atomic E-state index is 11.8. The van der Waals surface area contributed by atoms with Crippen LogP contribution in [-0.2, 0) is 0 Å². The molecule has 0 spiro atoms. The molecule has 8 heteroatoms. The van der Waals surface area contributed by atoms with Crippen molar-refractivity contribution in [3.8, 4) is 0 Å². The highest BCUT2D eigenvalue weighted by Gasteiger charge is 2.13. The standard InChI is InChI=1S/C14H20N6O2/c1-16-8-13(19(15)5-6-21)10-3-4-12-11(14(22)17-2)7-18-20(12)9-10/h3-4,7-9,16,21H,5-6,15H2,1-2H3,(H,17,22)/b13-8-. The highest BCUT2D eigenvalue weighted by molar-refractivity contribution is 6.00. The Morgan fingerprint density at radius 2 is 2.27 bits per heavy atom. The summed E-state index contributed by atoms with van der Waals surface area (Å²) >= 11 is 0. The number of pyridine rings is 1. The molecule has 2 heterocycles. The van der Waals surface area contributed by atoms with Crippen LogP contribution in [0.3, 0.4) is 0 Å². The molecule has 0 aromatic carbocycles. The molecule has 0 saturated carbocycles. The zero-order valence-electron chi connectivity index (χ0n) is 12.6. The number of nitrogens with one attached hydrogen (secondary N) is 2. The van der Waals surface area contributed by atoms with E-state index in [1.54, 1.807) is 31.0 Å². The minimum Gasteiger partial charge on any atom is -0.394 e. The lowest BCUT2D eigenvalue weighted by Crippen LogP contribution is -2.33. The lowest BCUT2D eigenvalue weighted by molar-refractivity contribution is 0.0964. The maximum atomic E-state index is 11.8. The van der Waals surface area contributed by atoms with Gasteiger partial charge in [-0.3, -0.25) is 4.79 Å². The van der Waals surface area contributed by atoms with E-state index >= 15 is 0 Å². The number of fused-ring (bicyclic) bond motifs is 1. The van der Waals surface area contributed by atoms with Crippen LogP contribution in [0.15, 0.2) is 30.7 Å². The Morgan fingerprint density at radius 1 is 1.50 bits per heavy atom. The second-order valence-corrected chi connectivity index (χ2v) is 4.62. The molecule has 0 aliphatic heterocycles. The van der Waals surface area contributed by atoms with Gasteiger partial charge in [-0.2, -0.15) is 5.10 Å². The predicted octanol–water partition coefficient (Wildman–Crippen LogP) is -0.620. The number of aliphatic hydroxyl groups excluding tert-OH is 1. The number of rotatable bonds is 6. The first-order valence-electron chi connectivity index (χ1n) is 6.82. The molecule has 2 aromatic heterocycles. The van der Waals surface area contributed by atoms with Crippen LogP contribution < -0.4 is 16.5 Å². The molecule has 0 fully saturated rings. The number of amides is 1. The van der Waals surface area contributed by atoms with Gasteiger partial charge in [-0.25, -0.2) is 10.4 Å². The number of nitrogens with zero attached hydrogens (tertiary/aromatic N) is 3. The molecule has 0 aliphatic carbocycles. The van der Waals surface area contributed by atoms with Crippen LogP contribution in [0.1, 0.15) is 15.9 Å². The van der Waals surface area contributed by atoms with Gasteiger partial charge in [0.05, 0.1) is 36.1 Å². The Morgan fingerprint density at radius 3 is 2.91 bits per heavy atom. The van der Waals surface area contributed by atoms with E-state index in [9.17, 15) is 4.79 Å².